The fourth-order valence-corrected chi connectivity index (χ4v) is 5.69. The van der Waals surface area contributed by atoms with E-state index in [1.54, 1.807) is 23.1 Å². The third-order valence-corrected chi connectivity index (χ3v) is 7.79. The van der Waals surface area contributed by atoms with Crippen LogP contribution < -0.4 is 10.2 Å². The molecule has 200 valence electrons. The van der Waals surface area contributed by atoms with Gasteiger partial charge in [-0.3, -0.25) is 19.6 Å². The van der Waals surface area contributed by atoms with E-state index in [1.165, 1.54) is 24.4 Å². The first-order valence-electron chi connectivity index (χ1n) is 13.2. The Kier molecular flexibility index (Phi) is 7.33. The zero-order chi connectivity index (χ0) is 26.2. The number of nitrogens with one attached hydrogen (secondary N) is 1. The molecule has 1 aromatic carbocycles. The minimum Gasteiger partial charge on any atom is -0.379 e. The van der Waals surface area contributed by atoms with E-state index in [0.29, 0.717) is 17.9 Å². The molecular weight excluding hydrogens is 476 g/mol. The summed E-state index contributed by atoms with van der Waals surface area (Å²) in [6, 6.07) is 9.69. The molecule has 3 aliphatic heterocycles. The number of fused-ring (bicyclic) bond motifs is 1. The van der Waals surface area contributed by atoms with Gasteiger partial charge in [0.05, 0.1) is 31.1 Å². The fraction of sp³-hybridized carbons (Fsp3) is 0.571. The molecule has 9 heteroatoms. The second kappa shape index (κ2) is 10.4. The van der Waals surface area contributed by atoms with E-state index in [4.69, 9.17) is 4.74 Å². The first-order valence-corrected chi connectivity index (χ1v) is 13.2. The Hall–Kier alpha value is -2.46. The van der Waals surface area contributed by atoms with E-state index >= 15 is 8.78 Å². The Morgan fingerprint density at radius 3 is 2.65 bits per heavy atom. The standard InChI is InChI=1S/C28H37F2N5O2/c1-20-16-34(23(15-31-20)17-33-9-11-37-12-10-33)18-25(36)35-19-27(2,3)26-24(35)13-22(14-32-26)28(29,30)21-7-5-4-6-8-21/h4-8,13-14,20,23,31H,9-12,15-19H2,1-3H3/t20-,23-/m1/s1. The number of amides is 1. The van der Waals surface area contributed by atoms with Crippen LogP contribution in [0.5, 0.6) is 0 Å². The van der Waals surface area contributed by atoms with Crippen molar-refractivity contribution >= 4 is 11.6 Å². The highest BCUT2D eigenvalue weighted by molar-refractivity contribution is 5.97. The average Bonchev–Trinajstić information content (AvgIpc) is 3.17. The van der Waals surface area contributed by atoms with Gasteiger partial charge in [-0.05, 0) is 13.0 Å². The highest BCUT2D eigenvalue weighted by atomic mass is 19.3. The number of morpholine rings is 1. The molecule has 37 heavy (non-hydrogen) atoms. The average molecular weight is 514 g/mol. The van der Waals surface area contributed by atoms with E-state index in [0.717, 1.165) is 45.9 Å². The van der Waals surface area contributed by atoms with Crippen LogP contribution in [0, 0.1) is 0 Å². The maximum Gasteiger partial charge on any atom is 0.300 e. The second-order valence-corrected chi connectivity index (χ2v) is 11.2. The van der Waals surface area contributed by atoms with Crippen molar-refractivity contribution in [1.82, 2.24) is 20.1 Å². The Morgan fingerprint density at radius 2 is 1.92 bits per heavy atom. The third kappa shape index (κ3) is 5.41. The van der Waals surface area contributed by atoms with Crippen molar-refractivity contribution in [2.75, 3.05) is 63.9 Å². The van der Waals surface area contributed by atoms with Crippen LogP contribution in [0.15, 0.2) is 42.6 Å². The molecule has 3 aliphatic rings. The minimum atomic E-state index is -3.21. The molecule has 4 heterocycles. The lowest BCUT2D eigenvalue weighted by Gasteiger charge is -2.42. The summed E-state index contributed by atoms with van der Waals surface area (Å²) < 4.78 is 36.3. The lowest BCUT2D eigenvalue weighted by atomic mass is 9.90. The Bertz CT molecular complexity index is 1110. The molecule has 0 saturated carbocycles. The molecule has 2 saturated heterocycles. The van der Waals surface area contributed by atoms with E-state index in [1.807, 2.05) is 13.8 Å². The lowest BCUT2D eigenvalue weighted by Crippen LogP contribution is -2.61. The van der Waals surface area contributed by atoms with Crippen LogP contribution in [0.1, 0.15) is 37.6 Å². The summed E-state index contributed by atoms with van der Waals surface area (Å²) >= 11 is 0. The van der Waals surface area contributed by atoms with E-state index in [2.05, 4.69) is 27.0 Å². The van der Waals surface area contributed by atoms with Crippen LogP contribution in [0.4, 0.5) is 14.5 Å². The molecule has 1 aromatic heterocycles. The number of anilines is 1. The summed E-state index contributed by atoms with van der Waals surface area (Å²) in [7, 11) is 0. The maximum absolute atomic E-state index is 15.4. The molecule has 0 spiro atoms. The SMILES string of the molecule is C[C@@H]1CN(CC(=O)N2CC(C)(C)c3ncc(C(F)(F)c4ccccc4)cc32)[C@@H](CN2CCOCC2)CN1. The first kappa shape index (κ1) is 26.2. The molecule has 0 aliphatic carbocycles. The van der Waals surface area contributed by atoms with Gasteiger partial charge in [0.15, 0.2) is 0 Å². The van der Waals surface area contributed by atoms with Crippen LogP contribution in [-0.4, -0.2) is 91.8 Å². The highest BCUT2D eigenvalue weighted by Crippen LogP contribution is 2.43. The molecule has 5 rings (SSSR count). The number of hydrogen-bond donors (Lipinski definition) is 1. The number of alkyl halides is 2. The molecular formula is C28H37F2N5O2. The quantitative estimate of drug-likeness (QED) is 0.641. The number of carbonyl (C=O) groups excluding carboxylic acids is 1. The van der Waals surface area contributed by atoms with E-state index in [-0.39, 0.29) is 35.7 Å². The molecule has 0 radical (unpaired) electrons. The van der Waals surface area contributed by atoms with Gasteiger partial charge < -0.3 is 15.0 Å². The normalized spacial score (nSPS) is 24.7. The summed E-state index contributed by atoms with van der Waals surface area (Å²) in [5, 5.41) is 3.54. The molecule has 2 fully saturated rings. The molecule has 1 N–H and O–H groups in total. The molecule has 0 bridgehead atoms. The number of piperazine rings is 1. The number of carbonyl (C=O) groups is 1. The van der Waals surface area contributed by atoms with E-state index in [9.17, 15) is 4.79 Å². The van der Waals surface area contributed by atoms with Gasteiger partial charge in [-0.1, -0.05) is 44.2 Å². The fourth-order valence-electron chi connectivity index (χ4n) is 5.69. The molecule has 2 aromatic rings. The smallest absolute Gasteiger partial charge is 0.300 e. The highest BCUT2D eigenvalue weighted by Gasteiger charge is 2.43. The number of benzene rings is 1. The van der Waals surface area contributed by atoms with Crippen LogP contribution >= 0.6 is 0 Å². The van der Waals surface area contributed by atoms with Crippen molar-refractivity contribution in [3.05, 3.63) is 59.4 Å². The molecule has 2 atom stereocenters. The van der Waals surface area contributed by atoms with Gasteiger partial charge >= 0.3 is 0 Å². The summed E-state index contributed by atoms with van der Waals surface area (Å²) in [5.74, 6) is -3.28. The van der Waals surface area contributed by atoms with Crippen LogP contribution in [0.25, 0.3) is 0 Å². The number of rotatable bonds is 6. The van der Waals surface area contributed by atoms with Crippen LogP contribution in [0.2, 0.25) is 0 Å². The number of nitrogens with zero attached hydrogens (tertiary/aromatic N) is 4. The van der Waals surface area contributed by atoms with Crippen molar-refractivity contribution < 1.29 is 18.3 Å². The largest absolute Gasteiger partial charge is 0.379 e. The van der Waals surface area contributed by atoms with E-state index < -0.39 is 11.3 Å². The predicted molar refractivity (Wildman–Crippen MR) is 139 cm³/mol. The topological polar surface area (TPSA) is 60.9 Å². The number of aromatic nitrogens is 1. The first-order chi connectivity index (χ1) is 17.6. The van der Waals surface area contributed by atoms with Gasteiger partial charge in [-0.2, -0.15) is 8.78 Å². The maximum atomic E-state index is 15.4. The van der Waals surface area contributed by atoms with Gasteiger partial charge in [-0.25, -0.2) is 0 Å². The van der Waals surface area contributed by atoms with Gasteiger partial charge in [0.1, 0.15) is 0 Å². The van der Waals surface area contributed by atoms with Gasteiger partial charge in [-0.15, -0.1) is 0 Å². The Morgan fingerprint density at radius 1 is 1.19 bits per heavy atom. The summed E-state index contributed by atoms with van der Waals surface area (Å²) in [4.78, 5) is 24.5. The Balaban J connectivity index is 1.38. The monoisotopic (exact) mass is 513 g/mol. The molecule has 7 nitrogen and oxygen atoms in total. The number of hydrogen-bond acceptors (Lipinski definition) is 6. The summed E-state index contributed by atoms with van der Waals surface area (Å²) in [6.45, 7) is 12.5. The number of ether oxygens (including phenoxy) is 1. The van der Waals surface area contributed by atoms with Crippen LogP contribution in [0.3, 0.4) is 0 Å². The third-order valence-electron chi connectivity index (χ3n) is 7.79. The number of pyridine rings is 1. The van der Waals surface area contributed by atoms with Crippen molar-refractivity contribution in [3.8, 4) is 0 Å². The van der Waals surface area contributed by atoms with Crippen molar-refractivity contribution in [2.24, 2.45) is 0 Å². The summed E-state index contributed by atoms with van der Waals surface area (Å²) in [5.41, 5.74) is 0.472. The summed E-state index contributed by atoms with van der Waals surface area (Å²) in [6.07, 6.45) is 1.26. The van der Waals surface area contributed by atoms with Crippen molar-refractivity contribution in [2.45, 2.75) is 44.2 Å². The van der Waals surface area contributed by atoms with Gasteiger partial charge in [0.2, 0.25) is 5.91 Å². The van der Waals surface area contributed by atoms with Crippen molar-refractivity contribution in [3.63, 3.8) is 0 Å². The Labute approximate surface area is 217 Å². The van der Waals surface area contributed by atoms with Gasteiger partial charge in [0.25, 0.3) is 5.92 Å². The van der Waals surface area contributed by atoms with Gasteiger partial charge in [0, 0.05) is 74.1 Å². The second-order valence-electron chi connectivity index (χ2n) is 11.2. The van der Waals surface area contributed by atoms with Crippen molar-refractivity contribution in [1.29, 1.82) is 0 Å². The minimum absolute atomic E-state index is 0.0742. The zero-order valence-electron chi connectivity index (χ0n) is 21.9. The lowest BCUT2D eigenvalue weighted by molar-refractivity contribution is -0.121. The predicted octanol–water partition coefficient (Wildman–Crippen LogP) is 2.84. The zero-order valence-corrected chi connectivity index (χ0v) is 21.9. The van der Waals surface area contributed by atoms with Crippen LogP contribution in [-0.2, 0) is 20.9 Å². The number of halogens is 2. The molecule has 1 amide bonds. The molecule has 0 unspecified atom stereocenters.